The number of nitrogens with one attached hydrogen (secondary N) is 1. The summed E-state index contributed by atoms with van der Waals surface area (Å²) in [7, 11) is 0. The van der Waals surface area contributed by atoms with Crippen LogP contribution in [0.15, 0.2) is 10.5 Å². The zero-order chi connectivity index (χ0) is 9.84. The second-order valence-corrected chi connectivity index (χ2v) is 3.07. The van der Waals surface area contributed by atoms with Crippen molar-refractivity contribution in [1.29, 1.82) is 0 Å². The Balaban J connectivity index is 2.80. The molecule has 0 radical (unpaired) electrons. The van der Waals surface area contributed by atoms with Crippen LogP contribution in [-0.2, 0) is 0 Å². The Morgan fingerprint density at radius 1 is 1.85 bits per heavy atom. The highest BCUT2D eigenvalue weighted by molar-refractivity contribution is 7.14. The van der Waals surface area contributed by atoms with Crippen LogP contribution in [0.5, 0.6) is 0 Å². The molecule has 0 atom stereocenters. The Labute approximate surface area is 78.1 Å². The van der Waals surface area contributed by atoms with Gasteiger partial charge in [0.1, 0.15) is 11.4 Å². The summed E-state index contributed by atoms with van der Waals surface area (Å²) in [5.74, 6) is 0. The number of hydrogen-bond donors (Lipinski definition) is 3. The van der Waals surface area contributed by atoms with Crippen LogP contribution in [0, 0.1) is 0 Å². The number of anilines is 1. The second-order valence-electron chi connectivity index (χ2n) is 2.21. The highest BCUT2D eigenvalue weighted by atomic mass is 32.1. The minimum absolute atomic E-state index is 0.380. The van der Waals surface area contributed by atoms with Gasteiger partial charge in [-0.3, -0.25) is 5.32 Å². The summed E-state index contributed by atoms with van der Waals surface area (Å²) >= 11 is 1.21. The fourth-order valence-electron chi connectivity index (χ4n) is 0.654. The molecule has 0 saturated carbocycles. The first-order valence-corrected chi connectivity index (χ1v) is 4.22. The zero-order valence-corrected chi connectivity index (χ0v) is 7.63. The number of carbonyl (C=O) groups excluding carboxylic acids is 1. The van der Waals surface area contributed by atoms with Gasteiger partial charge in [0.15, 0.2) is 5.13 Å². The van der Waals surface area contributed by atoms with E-state index in [2.05, 4.69) is 15.5 Å². The molecule has 2 amide bonds. The Kier molecular flexibility index (Phi) is 2.80. The molecule has 1 heterocycles. The number of carbonyl (C=O) groups is 1. The highest BCUT2D eigenvalue weighted by Gasteiger charge is 2.05. The van der Waals surface area contributed by atoms with Crippen LogP contribution < -0.4 is 11.1 Å². The molecule has 7 heteroatoms. The van der Waals surface area contributed by atoms with Crippen molar-refractivity contribution in [2.45, 2.75) is 6.92 Å². The van der Waals surface area contributed by atoms with Gasteiger partial charge < -0.3 is 10.9 Å². The predicted octanol–water partition coefficient (Wildman–Crippen LogP) is 0.832. The molecule has 70 valence electrons. The lowest BCUT2D eigenvalue weighted by Crippen LogP contribution is -2.19. The molecular weight excluding hydrogens is 192 g/mol. The van der Waals surface area contributed by atoms with E-state index in [9.17, 15) is 4.79 Å². The van der Waals surface area contributed by atoms with Crippen molar-refractivity contribution < 1.29 is 10.0 Å². The normalized spacial score (nSPS) is 11.3. The SMILES string of the molecule is CC(=NO)c1csc(NC(N)=O)n1. The molecule has 0 aliphatic rings. The van der Waals surface area contributed by atoms with E-state index in [0.717, 1.165) is 0 Å². The van der Waals surface area contributed by atoms with Crippen LogP contribution >= 0.6 is 11.3 Å². The number of rotatable bonds is 2. The van der Waals surface area contributed by atoms with E-state index >= 15 is 0 Å². The van der Waals surface area contributed by atoms with Crippen LogP contribution in [0.1, 0.15) is 12.6 Å². The lowest BCUT2D eigenvalue weighted by Gasteiger charge is -1.93. The monoisotopic (exact) mass is 200 g/mol. The Morgan fingerprint density at radius 2 is 2.54 bits per heavy atom. The predicted molar refractivity (Wildman–Crippen MR) is 49.3 cm³/mol. The second kappa shape index (κ2) is 3.85. The Morgan fingerprint density at radius 3 is 3.08 bits per heavy atom. The minimum Gasteiger partial charge on any atom is -0.411 e. The maximum Gasteiger partial charge on any atom is 0.318 e. The van der Waals surface area contributed by atoms with Gasteiger partial charge in [0.25, 0.3) is 0 Å². The molecule has 0 bridgehead atoms. The van der Waals surface area contributed by atoms with Crippen molar-refractivity contribution in [3.05, 3.63) is 11.1 Å². The van der Waals surface area contributed by atoms with Gasteiger partial charge >= 0.3 is 6.03 Å². The van der Waals surface area contributed by atoms with E-state index in [1.54, 1.807) is 12.3 Å². The fraction of sp³-hybridized carbons (Fsp3) is 0.167. The third kappa shape index (κ3) is 2.41. The molecular formula is C6H8N4O2S. The van der Waals surface area contributed by atoms with Crippen molar-refractivity contribution >= 4 is 28.2 Å². The average molecular weight is 200 g/mol. The molecule has 0 fully saturated rings. The summed E-state index contributed by atoms with van der Waals surface area (Å²) in [6, 6.07) is -0.667. The molecule has 1 rings (SSSR count). The van der Waals surface area contributed by atoms with Crippen LogP contribution in [-0.4, -0.2) is 21.9 Å². The highest BCUT2D eigenvalue weighted by Crippen LogP contribution is 2.15. The molecule has 0 aliphatic heterocycles. The third-order valence-corrected chi connectivity index (χ3v) is 2.01. The minimum atomic E-state index is -0.667. The van der Waals surface area contributed by atoms with Crippen molar-refractivity contribution in [1.82, 2.24) is 4.98 Å². The van der Waals surface area contributed by atoms with E-state index in [-0.39, 0.29) is 0 Å². The van der Waals surface area contributed by atoms with E-state index in [1.807, 2.05) is 0 Å². The lowest BCUT2D eigenvalue weighted by molar-refractivity contribution is 0.259. The summed E-state index contributed by atoms with van der Waals surface area (Å²) in [4.78, 5) is 14.4. The average Bonchev–Trinajstić information content (AvgIpc) is 2.50. The van der Waals surface area contributed by atoms with Gasteiger partial charge in [-0.15, -0.1) is 11.3 Å². The van der Waals surface area contributed by atoms with Crippen LogP contribution in [0.2, 0.25) is 0 Å². The first-order chi connectivity index (χ1) is 6.13. The van der Waals surface area contributed by atoms with Gasteiger partial charge in [-0.05, 0) is 6.92 Å². The van der Waals surface area contributed by atoms with Gasteiger partial charge in [0, 0.05) is 5.38 Å². The number of primary amides is 1. The largest absolute Gasteiger partial charge is 0.411 e. The summed E-state index contributed by atoms with van der Waals surface area (Å²) in [5, 5.41) is 15.7. The first-order valence-electron chi connectivity index (χ1n) is 3.34. The summed E-state index contributed by atoms with van der Waals surface area (Å²) in [6.45, 7) is 1.60. The molecule has 1 aromatic heterocycles. The maximum absolute atomic E-state index is 10.4. The van der Waals surface area contributed by atoms with Gasteiger partial charge in [0.05, 0.1) is 0 Å². The number of nitrogens with zero attached hydrogens (tertiary/aromatic N) is 2. The lowest BCUT2D eigenvalue weighted by atomic mass is 10.3. The van der Waals surface area contributed by atoms with Crippen LogP contribution in [0.25, 0.3) is 0 Å². The Hall–Kier alpha value is -1.63. The number of oxime groups is 1. The first kappa shape index (κ1) is 9.46. The van der Waals surface area contributed by atoms with E-state index in [0.29, 0.717) is 16.5 Å². The molecule has 0 aromatic carbocycles. The van der Waals surface area contributed by atoms with Crippen molar-refractivity contribution in [3.63, 3.8) is 0 Å². The van der Waals surface area contributed by atoms with Crippen molar-refractivity contribution in [3.8, 4) is 0 Å². The maximum atomic E-state index is 10.4. The van der Waals surface area contributed by atoms with Crippen LogP contribution in [0.3, 0.4) is 0 Å². The van der Waals surface area contributed by atoms with E-state index in [4.69, 9.17) is 10.9 Å². The molecule has 0 unspecified atom stereocenters. The number of aromatic nitrogens is 1. The summed E-state index contributed by atoms with van der Waals surface area (Å²) < 4.78 is 0. The number of thiazole rings is 1. The smallest absolute Gasteiger partial charge is 0.318 e. The van der Waals surface area contributed by atoms with Gasteiger partial charge in [-0.2, -0.15) is 0 Å². The molecule has 4 N–H and O–H groups in total. The number of urea groups is 1. The topological polar surface area (TPSA) is 101 Å². The van der Waals surface area contributed by atoms with Gasteiger partial charge in [0.2, 0.25) is 0 Å². The molecule has 6 nitrogen and oxygen atoms in total. The van der Waals surface area contributed by atoms with Crippen molar-refractivity contribution in [2.24, 2.45) is 10.9 Å². The molecule has 0 aliphatic carbocycles. The zero-order valence-electron chi connectivity index (χ0n) is 6.81. The number of amides is 2. The number of hydrogen-bond acceptors (Lipinski definition) is 5. The molecule has 13 heavy (non-hydrogen) atoms. The summed E-state index contributed by atoms with van der Waals surface area (Å²) in [5.41, 5.74) is 5.77. The molecule has 0 saturated heterocycles. The van der Waals surface area contributed by atoms with Crippen molar-refractivity contribution in [2.75, 3.05) is 5.32 Å². The summed E-state index contributed by atoms with van der Waals surface area (Å²) in [6.07, 6.45) is 0. The quantitative estimate of drug-likeness (QED) is 0.374. The van der Waals surface area contributed by atoms with E-state index < -0.39 is 6.03 Å². The number of nitrogens with two attached hydrogens (primary N) is 1. The molecule has 1 aromatic rings. The fourth-order valence-corrected chi connectivity index (χ4v) is 1.41. The van der Waals surface area contributed by atoms with Gasteiger partial charge in [-0.1, -0.05) is 5.16 Å². The Bertz CT molecular complexity index is 346. The standard InChI is InChI=1S/C6H8N4O2S/c1-3(10-12)4-2-13-6(8-4)9-5(7)11/h2,12H,1H3,(H3,7,8,9,11). The van der Waals surface area contributed by atoms with Gasteiger partial charge in [-0.25, -0.2) is 9.78 Å². The third-order valence-electron chi connectivity index (χ3n) is 1.26. The van der Waals surface area contributed by atoms with Crippen LogP contribution in [0.4, 0.5) is 9.93 Å². The molecule has 0 spiro atoms. The van der Waals surface area contributed by atoms with E-state index in [1.165, 1.54) is 11.3 Å².